The van der Waals surface area contributed by atoms with Crippen LogP contribution in [-0.2, 0) is 4.74 Å². The molecule has 1 aromatic rings. The summed E-state index contributed by atoms with van der Waals surface area (Å²) in [5.41, 5.74) is 7.10. The number of aryl methyl sites for hydroxylation is 1. The molecule has 0 aliphatic rings. The number of ether oxygens (including phenoxy) is 1. The third-order valence-electron chi connectivity index (χ3n) is 1.80. The van der Waals surface area contributed by atoms with Crippen LogP contribution in [0.5, 0.6) is 0 Å². The quantitative estimate of drug-likeness (QED) is 0.595. The molecular weight excluding hydrogens is 214 g/mol. The van der Waals surface area contributed by atoms with Crippen LogP contribution < -0.4 is 5.73 Å². The van der Waals surface area contributed by atoms with Crippen molar-refractivity contribution in [1.82, 2.24) is 0 Å². The van der Waals surface area contributed by atoms with E-state index in [0.717, 1.165) is 5.56 Å². The summed E-state index contributed by atoms with van der Waals surface area (Å²) in [6.07, 6.45) is 0. The summed E-state index contributed by atoms with van der Waals surface area (Å²) in [5.74, 6) is -0.508. The van der Waals surface area contributed by atoms with E-state index in [9.17, 15) is 4.79 Å². The molecule has 0 saturated carbocycles. The maximum atomic E-state index is 11.2. The second-order valence-corrected chi connectivity index (χ2v) is 3.05. The monoisotopic (exact) mass is 229 g/mol. The van der Waals surface area contributed by atoms with Crippen molar-refractivity contribution in [3.63, 3.8) is 0 Å². The average molecular weight is 230 g/mol. The summed E-state index contributed by atoms with van der Waals surface area (Å²) in [4.78, 5) is 11.2. The lowest BCUT2D eigenvalue weighted by atomic mass is 10.1. The predicted molar refractivity (Wildman–Crippen MR) is 63.3 cm³/mol. The number of rotatable bonds is 1. The van der Waals surface area contributed by atoms with E-state index in [1.54, 1.807) is 19.1 Å². The van der Waals surface area contributed by atoms with Crippen LogP contribution in [0.2, 0.25) is 5.02 Å². The maximum Gasteiger partial charge on any atom is 0.341 e. The molecule has 0 saturated heterocycles. The Bertz CT molecular complexity index is 351. The van der Waals surface area contributed by atoms with Gasteiger partial charge in [0.1, 0.15) is 5.56 Å². The standard InChI is InChI=1S/C9H10ClNO2.C2H6/c1-5-3-4-6(10)7(8(5)11)9(12)13-2;1-2/h3-4H,11H2,1-2H3;1-2H3. The Labute approximate surface area is 95.2 Å². The number of halogens is 1. The molecule has 0 amide bonds. The topological polar surface area (TPSA) is 52.3 Å². The van der Waals surface area contributed by atoms with Gasteiger partial charge in [-0.2, -0.15) is 0 Å². The Hall–Kier alpha value is -1.22. The van der Waals surface area contributed by atoms with Gasteiger partial charge in [-0.1, -0.05) is 31.5 Å². The summed E-state index contributed by atoms with van der Waals surface area (Å²) < 4.78 is 4.55. The van der Waals surface area contributed by atoms with Crippen LogP contribution >= 0.6 is 11.6 Å². The Morgan fingerprint density at radius 3 is 2.40 bits per heavy atom. The molecule has 0 spiro atoms. The predicted octanol–water partition coefficient (Wildman–Crippen LogP) is 3.04. The smallest absolute Gasteiger partial charge is 0.341 e. The van der Waals surface area contributed by atoms with Crippen molar-refractivity contribution in [2.75, 3.05) is 12.8 Å². The Morgan fingerprint density at radius 1 is 1.40 bits per heavy atom. The van der Waals surface area contributed by atoms with Crippen molar-refractivity contribution >= 4 is 23.3 Å². The molecule has 0 aliphatic carbocycles. The number of carbonyl (C=O) groups excluding carboxylic acids is 1. The molecule has 0 heterocycles. The number of anilines is 1. The minimum atomic E-state index is -0.508. The van der Waals surface area contributed by atoms with Crippen molar-refractivity contribution in [3.05, 3.63) is 28.3 Å². The zero-order valence-electron chi connectivity index (χ0n) is 9.43. The van der Waals surface area contributed by atoms with Gasteiger partial charge in [-0.3, -0.25) is 0 Å². The number of esters is 1. The van der Waals surface area contributed by atoms with Crippen molar-refractivity contribution < 1.29 is 9.53 Å². The van der Waals surface area contributed by atoms with E-state index >= 15 is 0 Å². The minimum absolute atomic E-state index is 0.240. The first kappa shape index (κ1) is 13.8. The molecule has 1 aromatic carbocycles. The Kier molecular flexibility index (Phi) is 5.79. The lowest BCUT2D eigenvalue weighted by Gasteiger charge is -2.07. The zero-order chi connectivity index (χ0) is 12.0. The molecule has 0 unspecified atom stereocenters. The molecule has 3 nitrogen and oxygen atoms in total. The van der Waals surface area contributed by atoms with E-state index in [4.69, 9.17) is 17.3 Å². The van der Waals surface area contributed by atoms with E-state index in [1.807, 2.05) is 13.8 Å². The van der Waals surface area contributed by atoms with Gasteiger partial charge in [-0.05, 0) is 18.6 Å². The Balaban J connectivity index is 0.000000921. The van der Waals surface area contributed by atoms with Gasteiger partial charge in [0.05, 0.1) is 17.8 Å². The van der Waals surface area contributed by atoms with E-state index in [2.05, 4.69) is 4.74 Å². The first-order valence-electron chi connectivity index (χ1n) is 4.70. The van der Waals surface area contributed by atoms with Crippen molar-refractivity contribution in [2.45, 2.75) is 20.8 Å². The molecule has 0 radical (unpaired) electrons. The lowest BCUT2D eigenvalue weighted by molar-refractivity contribution is 0.0602. The van der Waals surface area contributed by atoms with Gasteiger partial charge in [-0.25, -0.2) is 4.79 Å². The highest BCUT2D eigenvalue weighted by Crippen LogP contribution is 2.25. The third-order valence-corrected chi connectivity index (χ3v) is 2.12. The SMILES string of the molecule is CC.COC(=O)c1c(Cl)ccc(C)c1N. The van der Waals surface area contributed by atoms with Gasteiger partial charge < -0.3 is 10.5 Å². The lowest BCUT2D eigenvalue weighted by Crippen LogP contribution is -2.07. The van der Waals surface area contributed by atoms with Crippen LogP contribution in [0.4, 0.5) is 5.69 Å². The first-order valence-corrected chi connectivity index (χ1v) is 5.08. The van der Waals surface area contributed by atoms with E-state index in [1.165, 1.54) is 7.11 Å². The molecule has 4 heteroatoms. The summed E-state index contributed by atoms with van der Waals surface area (Å²) in [5, 5.41) is 0.315. The third kappa shape index (κ3) is 3.13. The second kappa shape index (κ2) is 6.30. The molecular formula is C11H16ClNO2. The molecule has 1 rings (SSSR count). The largest absolute Gasteiger partial charge is 0.465 e. The fourth-order valence-electron chi connectivity index (χ4n) is 1.01. The molecule has 15 heavy (non-hydrogen) atoms. The van der Waals surface area contributed by atoms with Gasteiger partial charge >= 0.3 is 5.97 Å². The average Bonchev–Trinajstić information content (AvgIpc) is 2.26. The fourth-order valence-corrected chi connectivity index (χ4v) is 1.25. The molecule has 0 atom stereocenters. The number of carbonyl (C=O) groups is 1. The number of nitrogen functional groups attached to an aromatic ring is 1. The molecule has 0 aromatic heterocycles. The highest BCUT2D eigenvalue weighted by atomic mass is 35.5. The van der Waals surface area contributed by atoms with Crippen LogP contribution in [0.15, 0.2) is 12.1 Å². The maximum absolute atomic E-state index is 11.2. The van der Waals surface area contributed by atoms with Crippen molar-refractivity contribution in [3.8, 4) is 0 Å². The molecule has 84 valence electrons. The normalized spacial score (nSPS) is 8.87. The molecule has 2 N–H and O–H groups in total. The number of hydrogen-bond acceptors (Lipinski definition) is 3. The summed E-state index contributed by atoms with van der Waals surface area (Å²) in [7, 11) is 1.29. The summed E-state index contributed by atoms with van der Waals surface area (Å²) in [6.45, 7) is 5.80. The van der Waals surface area contributed by atoms with Gasteiger partial charge in [0.15, 0.2) is 0 Å². The van der Waals surface area contributed by atoms with E-state index in [0.29, 0.717) is 10.7 Å². The van der Waals surface area contributed by atoms with Gasteiger partial charge in [0, 0.05) is 0 Å². The minimum Gasteiger partial charge on any atom is -0.465 e. The van der Waals surface area contributed by atoms with Crippen molar-refractivity contribution in [2.24, 2.45) is 0 Å². The summed E-state index contributed by atoms with van der Waals surface area (Å²) in [6, 6.07) is 3.38. The first-order chi connectivity index (χ1) is 7.07. The molecule has 0 bridgehead atoms. The fraction of sp³-hybridized carbons (Fsp3) is 0.364. The number of nitrogens with two attached hydrogens (primary N) is 1. The van der Waals surface area contributed by atoms with Crippen LogP contribution in [0.1, 0.15) is 29.8 Å². The Morgan fingerprint density at radius 2 is 1.93 bits per heavy atom. The number of methoxy groups -OCH3 is 1. The van der Waals surface area contributed by atoms with Gasteiger partial charge in [0.25, 0.3) is 0 Å². The van der Waals surface area contributed by atoms with Crippen LogP contribution in [0.25, 0.3) is 0 Å². The van der Waals surface area contributed by atoms with Gasteiger partial charge in [-0.15, -0.1) is 0 Å². The van der Waals surface area contributed by atoms with Crippen LogP contribution in [0, 0.1) is 6.92 Å². The number of hydrogen-bond donors (Lipinski definition) is 1. The zero-order valence-corrected chi connectivity index (χ0v) is 10.2. The van der Waals surface area contributed by atoms with Crippen LogP contribution in [-0.4, -0.2) is 13.1 Å². The highest BCUT2D eigenvalue weighted by Gasteiger charge is 2.15. The number of benzene rings is 1. The van der Waals surface area contributed by atoms with Crippen molar-refractivity contribution in [1.29, 1.82) is 0 Å². The molecule has 0 fully saturated rings. The highest BCUT2D eigenvalue weighted by molar-refractivity contribution is 6.34. The van der Waals surface area contributed by atoms with E-state index < -0.39 is 5.97 Å². The van der Waals surface area contributed by atoms with Crippen LogP contribution in [0.3, 0.4) is 0 Å². The van der Waals surface area contributed by atoms with E-state index in [-0.39, 0.29) is 5.56 Å². The summed E-state index contributed by atoms with van der Waals surface area (Å²) >= 11 is 5.79. The molecule has 0 aliphatic heterocycles. The second-order valence-electron chi connectivity index (χ2n) is 2.64. The van der Waals surface area contributed by atoms with Gasteiger partial charge in [0.2, 0.25) is 0 Å².